The number of likely N-dealkylation sites (N-methyl/N-ethyl adjacent to an activating group) is 1. The summed E-state index contributed by atoms with van der Waals surface area (Å²) < 4.78 is 35.1. The number of rotatable bonds is 47. The SMILES string of the molecule is CCCCCCCC/C=C\CCCCCCCCCCCC(=O)OC(COCCCCCCCCCCCCCCCCCCC)COP(=O)(O)OCC[N+](C)(C)C. The lowest BCUT2D eigenvalue weighted by atomic mass is 10.0. The van der Waals surface area contributed by atoms with Gasteiger partial charge in [0.15, 0.2) is 0 Å². The normalized spacial score (nSPS) is 13.7. The Kier molecular flexibility index (Phi) is 42.3. The molecule has 0 aromatic heterocycles. The summed E-state index contributed by atoms with van der Waals surface area (Å²) in [6, 6.07) is 0. The van der Waals surface area contributed by atoms with E-state index in [0.29, 0.717) is 24.1 Å². The molecule has 2 atom stereocenters. The minimum atomic E-state index is -4.27. The lowest BCUT2D eigenvalue weighted by Crippen LogP contribution is -2.37. The van der Waals surface area contributed by atoms with Crippen LogP contribution >= 0.6 is 7.82 Å². The average molecular weight is 845 g/mol. The number of carbonyl (C=O) groups excluding carboxylic acids is 1. The van der Waals surface area contributed by atoms with Gasteiger partial charge in [0.05, 0.1) is 34.4 Å². The third-order valence-corrected chi connectivity index (χ3v) is 12.1. The van der Waals surface area contributed by atoms with Crippen molar-refractivity contribution in [3.05, 3.63) is 12.2 Å². The largest absolute Gasteiger partial charge is 0.472 e. The van der Waals surface area contributed by atoms with E-state index in [2.05, 4.69) is 26.0 Å². The Morgan fingerprint density at radius 2 is 0.897 bits per heavy atom. The monoisotopic (exact) mass is 845 g/mol. The summed E-state index contributed by atoms with van der Waals surface area (Å²) in [5.74, 6) is -0.310. The maximum absolute atomic E-state index is 12.7. The Bertz CT molecular complexity index is 940. The van der Waals surface area contributed by atoms with E-state index >= 15 is 0 Å². The zero-order valence-corrected chi connectivity index (χ0v) is 40.2. The molecule has 8 nitrogen and oxygen atoms in total. The highest BCUT2D eigenvalue weighted by Crippen LogP contribution is 2.43. The first-order chi connectivity index (χ1) is 28.1. The second-order valence-electron chi connectivity index (χ2n) is 18.2. The summed E-state index contributed by atoms with van der Waals surface area (Å²) >= 11 is 0. The minimum Gasteiger partial charge on any atom is -0.457 e. The molecule has 346 valence electrons. The van der Waals surface area contributed by atoms with Crippen molar-refractivity contribution >= 4 is 13.8 Å². The van der Waals surface area contributed by atoms with Crippen molar-refractivity contribution in [3.63, 3.8) is 0 Å². The number of nitrogens with zero attached hydrogens (tertiary/aromatic N) is 1. The number of hydrogen-bond acceptors (Lipinski definition) is 6. The van der Waals surface area contributed by atoms with Crippen molar-refractivity contribution in [1.82, 2.24) is 0 Å². The molecule has 58 heavy (non-hydrogen) atoms. The minimum absolute atomic E-state index is 0.0918. The fraction of sp³-hybridized carbons (Fsp3) is 0.939. The van der Waals surface area contributed by atoms with E-state index in [1.807, 2.05) is 21.1 Å². The van der Waals surface area contributed by atoms with Gasteiger partial charge in [0.2, 0.25) is 0 Å². The van der Waals surface area contributed by atoms with Crippen LogP contribution in [-0.4, -0.2) is 75.6 Å². The molecule has 0 aliphatic rings. The number of hydrogen-bond donors (Lipinski definition) is 1. The molecule has 0 aromatic carbocycles. The number of esters is 1. The van der Waals surface area contributed by atoms with Gasteiger partial charge in [-0.2, -0.15) is 0 Å². The Hall–Kier alpha value is -0.760. The predicted molar refractivity (Wildman–Crippen MR) is 247 cm³/mol. The zero-order chi connectivity index (χ0) is 42.7. The first-order valence-corrected chi connectivity index (χ1v) is 26.4. The first-order valence-electron chi connectivity index (χ1n) is 24.9. The van der Waals surface area contributed by atoms with Crippen molar-refractivity contribution in [2.24, 2.45) is 0 Å². The van der Waals surface area contributed by atoms with E-state index in [1.165, 1.54) is 186 Å². The third kappa shape index (κ3) is 46.3. The van der Waals surface area contributed by atoms with Gasteiger partial charge in [-0.1, -0.05) is 206 Å². The highest BCUT2D eigenvalue weighted by molar-refractivity contribution is 7.47. The molecular weight excluding hydrogens is 746 g/mol. The fourth-order valence-electron chi connectivity index (χ4n) is 7.20. The molecule has 0 heterocycles. The predicted octanol–water partition coefficient (Wildman–Crippen LogP) is 15.0. The van der Waals surface area contributed by atoms with E-state index in [0.717, 1.165) is 32.1 Å². The molecule has 0 fully saturated rings. The Morgan fingerprint density at radius 1 is 0.517 bits per heavy atom. The molecule has 0 aliphatic carbocycles. The number of ether oxygens (including phenoxy) is 2. The molecule has 2 unspecified atom stereocenters. The van der Waals surface area contributed by atoms with E-state index < -0.39 is 13.9 Å². The van der Waals surface area contributed by atoms with Gasteiger partial charge in [0.1, 0.15) is 19.3 Å². The fourth-order valence-corrected chi connectivity index (χ4v) is 7.94. The van der Waals surface area contributed by atoms with Gasteiger partial charge in [-0.15, -0.1) is 0 Å². The maximum atomic E-state index is 12.7. The zero-order valence-electron chi connectivity index (χ0n) is 39.3. The quantitative estimate of drug-likeness (QED) is 0.0214. The van der Waals surface area contributed by atoms with E-state index in [-0.39, 0.29) is 25.8 Å². The van der Waals surface area contributed by atoms with Crippen LogP contribution in [0.2, 0.25) is 0 Å². The second kappa shape index (κ2) is 42.9. The summed E-state index contributed by atoms with van der Waals surface area (Å²) in [5, 5.41) is 0. The molecule has 0 aliphatic heterocycles. The third-order valence-electron chi connectivity index (χ3n) is 11.1. The molecule has 0 amide bonds. The second-order valence-corrected chi connectivity index (χ2v) is 19.7. The van der Waals surface area contributed by atoms with Gasteiger partial charge in [-0.3, -0.25) is 13.8 Å². The molecular formula is C49H99NO7P+. The Morgan fingerprint density at radius 3 is 1.31 bits per heavy atom. The molecule has 0 radical (unpaired) electrons. The van der Waals surface area contributed by atoms with Crippen LogP contribution in [0.15, 0.2) is 12.2 Å². The highest BCUT2D eigenvalue weighted by atomic mass is 31.2. The standard InChI is InChI=1S/C49H98NO7P/c1-6-8-10-12-14-16-18-20-22-24-25-26-28-30-32-34-36-38-40-42-49(51)57-48(47-56-58(52,53)55-45-43-50(3,4)5)46-54-44-41-39-37-35-33-31-29-27-23-21-19-17-15-13-11-9-7-2/h20,22,48H,6-19,21,23-47H2,1-5H3/p+1/b22-20-. The molecule has 0 bridgehead atoms. The van der Waals surface area contributed by atoms with Gasteiger partial charge < -0.3 is 18.9 Å². The summed E-state index contributed by atoms with van der Waals surface area (Å²) in [4.78, 5) is 23.0. The van der Waals surface area contributed by atoms with Gasteiger partial charge in [0.25, 0.3) is 0 Å². The number of allylic oxidation sites excluding steroid dienone is 2. The lowest BCUT2D eigenvalue weighted by Gasteiger charge is -2.24. The molecule has 1 N–H and O–H groups in total. The summed E-state index contributed by atoms with van der Waals surface area (Å²) in [6.45, 7) is 5.68. The summed E-state index contributed by atoms with van der Waals surface area (Å²) in [5.41, 5.74) is 0. The number of carbonyl (C=O) groups is 1. The Labute approximate surface area is 360 Å². The Balaban J connectivity index is 4.13. The first kappa shape index (κ1) is 57.2. The summed E-state index contributed by atoms with van der Waals surface area (Å²) in [6.07, 6.45) is 48.2. The van der Waals surface area contributed by atoms with Crippen molar-refractivity contribution < 1.29 is 37.3 Å². The highest BCUT2D eigenvalue weighted by Gasteiger charge is 2.26. The van der Waals surface area contributed by atoms with Crippen LogP contribution in [-0.2, 0) is 27.9 Å². The molecule has 0 rings (SSSR count). The molecule has 0 saturated carbocycles. The van der Waals surface area contributed by atoms with E-state index in [4.69, 9.17) is 18.5 Å². The summed E-state index contributed by atoms with van der Waals surface area (Å²) in [7, 11) is 1.68. The molecule has 0 saturated heterocycles. The van der Waals surface area contributed by atoms with Crippen molar-refractivity contribution in [1.29, 1.82) is 0 Å². The van der Waals surface area contributed by atoms with E-state index in [1.54, 1.807) is 0 Å². The van der Waals surface area contributed by atoms with Crippen LogP contribution in [0.4, 0.5) is 0 Å². The van der Waals surface area contributed by atoms with E-state index in [9.17, 15) is 14.3 Å². The van der Waals surface area contributed by atoms with Crippen molar-refractivity contribution in [2.75, 3.05) is 54.1 Å². The molecule has 0 spiro atoms. The lowest BCUT2D eigenvalue weighted by molar-refractivity contribution is -0.870. The van der Waals surface area contributed by atoms with Crippen LogP contribution in [0, 0.1) is 0 Å². The number of unbranched alkanes of at least 4 members (excludes halogenated alkanes) is 31. The van der Waals surface area contributed by atoms with Crippen molar-refractivity contribution in [3.8, 4) is 0 Å². The van der Waals surface area contributed by atoms with Gasteiger partial charge in [-0.05, 0) is 38.5 Å². The van der Waals surface area contributed by atoms with Crippen LogP contribution in [0.1, 0.15) is 239 Å². The van der Waals surface area contributed by atoms with Crippen LogP contribution in [0.3, 0.4) is 0 Å². The van der Waals surface area contributed by atoms with Gasteiger partial charge in [0, 0.05) is 13.0 Å². The molecule has 0 aromatic rings. The number of quaternary nitrogens is 1. The number of phosphoric ester groups is 1. The van der Waals surface area contributed by atoms with Crippen LogP contribution in [0.25, 0.3) is 0 Å². The molecule has 9 heteroatoms. The number of phosphoric acid groups is 1. The maximum Gasteiger partial charge on any atom is 0.472 e. The van der Waals surface area contributed by atoms with Gasteiger partial charge >= 0.3 is 13.8 Å². The van der Waals surface area contributed by atoms with Crippen LogP contribution in [0.5, 0.6) is 0 Å². The topological polar surface area (TPSA) is 91.3 Å². The van der Waals surface area contributed by atoms with Crippen LogP contribution < -0.4 is 0 Å². The smallest absolute Gasteiger partial charge is 0.457 e. The van der Waals surface area contributed by atoms with Gasteiger partial charge in [-0.25, -0.2) is 4.57 Å². The van der Waals surface area contributed by atoms with Crippen molar-refractivity contribution in [2.45, 2.75) is 245 Å². The average Bonchev–Trinajstić information content (AvgIpc) is 3.18.